The normalized spacial score (nSPS) is 9.79. The van der Waals surface area contributed by atoms with Crippen LogP contribution in [-0.4, -0.2) is 48.2 Å². The van der Waals surface area contributed by atoms with Crippen LogP contribution in [0.3, 0.4) is 0 Å². The molecule has 0 amide bonds. The van der Waals surface area contributed by atoms with E-state index in [4.69, 9.17) is 15.3 Å². The van der Waals surface area contributed by atoms with E-state index in [1.54, 1.807) is 21.1 Å². The van der Waals surface area contributed by atoms with Gasteiger partial charge in [0.15, 0.2) is 0 Å². The molecule has 0 rings (SSSR count). The molecule has 14 heavy (non-hydrogen) atoms. The number of rotatable bonds is 3. The standard InChI is InChI=1S/C4H10O2.C3H4O2.C2H6O/c1-4(6)2-3-5;1-2-3(4)5;1-3-2/h4-6H,2-3H2,1H3;2H,1H2,(H,4,5);1-2H3. The van der Waals surface area contributed by atoms with Crippen molar-refractivity contribution < 1.29 is 24.9 Å². The molecular weight excluding hydrogens is 188 g/mol. The fraction of sp³-hybridized carbons (Fsp3) is 0.667. The molecule has 0 aromatic carbocycles. The Morgan fingerprint density at radius 2 is 1.86 bits per heavy atom. The van der Waals surface area contributed by atoms with Gasteiger partial charge in [-0.25, -0.2) is 4.79 Å². The molecular formula is C9H20O5. The molecule has 1 unspecified atom stereocenters. The third kappa shape index (κ3) is 67.5. The molecule has 86 valence electrons. The van der Waals surface area contributed by atoms with E-state index < -0.39 is 5.97 Å². The van der Waals surface area contributed by atoms with Crippen LogP contribution in [0.5, 0.6) is 0 Å². The fourth-order valence-electron chi connectivity index (χ4n) is 0.187. The summed E-state index contributed by atoms with van der Waals surface area (Å²) in [6.07, 6.45) is 0.968. The van der Waals surface area contributed by atoms with E-state index in [0.29, 0.717) is 6.42 Å². The van der Waals surface area contributed by atoms with E-state index in [1.807, 2.05) is 0 Å². The molecule has 0 radical (unpaired) electrons. The van der Waals surface area contributed by atoms with Gasteiger partial charge in [0.2, 0.25) is 0 Å². The Labute approximate surface area is 84.6 Å². The highest BCUT2D eigenvalue weighted by Gasteiger charge is 1.88. The second-order valence-corrected chi connectivity index (χ2v) is 2.31. The first-order valence-corrected chi connectivity index (χ1v) is 4.00. The lowest BCUT2D eigenvalue weighted by atomic mass is 10.3. The number of ether oxygens (including phenoxy) is 1. The second kappa shape index (κ2) is 18.0. The van der Waals surface area contributed by atoms with E-state index >= 15 is 0 Å². The zero-order chi connectivity index (χ0) is 12.0. The van der Waals surface area contributed by atoms with Gasteiger partial charge in [0.1, 0.15) is 0 Å². The lowest BCUT2D eigenvalue weighted by Gasteiger charge is -1.95. The van der Waals surface area contributed by atoms with E-state index in [1.165, 1.54) is 0 Å². The number of carbonyl (C=O) groups is 1. The Morgan fingerprint density at radius 1 is 1.57 bits per heavy atom. The zero-order valence-electron chi connectivity index (χ0n) is 8.93. The third-order valence-electron chi connectivity index (χ3n) is 0.721. The highest BCUT2D eigenvalue weighted by Crippen LogP contribution is 1.83. The van der Waals surface area contributed by atoms with Gasteiger partial charge in [-0.05, 0) is 13.3 Å². The number of aliphatic hydroxyl groups excluding tert-OH is 2. The summed E-state index contributed by atoms with van der Waals surface area (Å²) in [5.74, 6) is -0.981. The van der Waals surface area contributed by atoms with Gasteiger partial charge in [0, 0.05) is 26.9 Å². The van der Waals surface area contributed by atoms with Crippen LogP contribution in [0.2, 0.25) is 0 Å². The van der Waals surface area contributed by atoms with E-state index in [-0.39, 0.29) is 12.7 Å². The first-order chi connectivity index (χ1) is 6.45. The number of aliphatic hydroxyl groups is 2. The highest BCUT2D eigenvalue weighted by molar-refractivity contribution is 5.78. The van der Waals surface area contributed by atoms with Crippen LogP contribution in [0.15, 0.2) is 12.7 Å². The van der Waals surface area contributed by atoms with Crippen molar-refractivity contribution in [3.8, 4) is 0 Å². The highest BCUT2D eigenvalue weighted by atomic mass is 16.4. The van der Waals surface area contributed by atoms with Crippen LogP contribution in [0.25, 0.3) is 0 Å². The molecule has 5 nitrogen and oxygen atoms in total. The molecule has 0 fully saturated rings. The van der Waals surface area contributed by atoms with Gasteiger partial charge >= 0.3 is 5.97 Å². The Morgan fingerprint density at radius 3 is 1.86 bits per heavy atom. The molecule has 0 bridgehead atoms. The minimum Gasteiger partial charge on any atom is -0.478 e. The maximum absolute atomic E-state index is 9.25. The summed E-state index contributed by atoms with van der Waals surface area (Å²) >= 11 is 0. The Hall–Kier alpha value is -0.910. The van der Waals surface area contributed by atoms with E-state index in [0.717, 1.165) is 6.08 Å². The predicted octanol–water partition coefficient (Wildman–Crippen LogP) is 0.269. The first-order valence-electron chi connectivity index (χ1n) is 4.00. The van der Waals surface area contributed by atoms with Gasteiger partial charge in [0.25, 0.3) is 0 Å². The van der Waals surface area contributed by atoms with Crippen LogP contribution >= 0.6 is 0 Å². The summed E-state index contributed by atoms with van der Waals surface area (Å²) in [6.45, 7) is 4.69. The summed E-state index contributed by atoms with van der Waals surface area (Å²) in [6, 6.07) is 0. The molecule has 0 aromatic rings. The first kappa shape index (κ1) is 18.8. The van der Waals surface area contributed by atoms with Crippen LogP contribution < -0.4 is 0 Å². The Bertz CT molecular complexity index is 122. The maximum Gasteiger partial charge on any atom is 0.327 e. The predicted molar refractivity (Wildman–Crippen MR) is 54.1 cm³/mol. The minimum atomic E-state index is -0.981. The number of aliphatic carboxylic acids is 1. The van der Waals surface area contributed by atoms with Gasteiger partial charge in [0.05, 0.1) is 6.10 Å². The molecule has 0 aliphatic carbocycles. The zero-order valence-corrected chi connectivity index (χ0v) is 8.93. The summed E-state index contributed by atoms with van der Waals surface area (Å²) < 4.78 is 4.25. The van der Waals surface area contributed by atoms with Crippen molar-refractivity contribution in [2.24, 2.45) is 0 Å². The molecule has 0 aromatic heterocycles. The lowest BCUT2D eigenvalue weighted by Crippen LogP contribution is -2.00. The molecule has 0 heterocycles. The van der Waals surface area contributed by atoms with Crippen LogP contribution in [0, 0.1) is 0 Å². The number of hydrogen-bond acceptors (Lipinski definition) is 4. The molecule has 0 spiro atoms. The van der Waals surface area contributed by atoms with Crippen molar-refractivity contribution in [1.82, 2.24) is 0 Å². The smallest absolute Gasteiger partial charge is 0.327 e. The molecule has 0 saturated heterocycles. The van der Waals surface area contributed by atoms with Crippen molar-refractivity contribution in [3.05, 3.63) is 12.7 Å². The average molecular weight is 208 g/mol. The monoisotopic (exact) mass is 208 g/mol. The molecule has 5 heteroatoms. The van der Waals surface area contributed by atoms with E-state index in [2.05, 4.69) is 11.3 Å². The van der Waals surface area contributed by atoms with Crippen molar-refractivity contribution in [1.29, 1.82) is 0 Å². The minimum absolute atomic E-state index is 0.0810. The quantitative estimate of drug-likeness (QED) is 0.579. The van der Waals surface area contributed by atoms with Gasteiger partial charge in [-0.1, -0.05) is 6.58 Å². The van der Waals surface area contributed by atoms with Gasteiger partial charge in [-0.2, -0.15) is 0 Å². The van der Waals surface area contributed by atoms with Gasteiger partial charge in [-0.15, -0.1) is 0 Å². The van der Waals surface area contributed by atoms with Gasteiger partial charge < -0.3 is 20.1 Å². The van der Waals surface area contributed by atoms with Crippen molar-refractivity contribution in [3.63, 3.8) is 0 Å². The summed E-state index contributed by atoms with van der Waals surface area (Å²) in [7, 11) is 3.25. The molecule has 1 atom stereocenters. The molecule has 0 aliphatic rings. The van der Waals surface area contributed by atoms with Crippen molar-refractivity contribution in [2.75, 3.05) is 20.8 Å². The van der Waals surface area contributed by atoms with Crippen molar-refractivity contribution in [2.45, 2.75) is 19.4 Å². The SMILES string of the molecule is C=CC(=O)O.CC(O)CCO.COC. The topological polar surface area (TPSA) is 87.0 Å². The summed E-state index contributed by atoms with van der Waals surface area (Å²) in [5, 5.41) is 24.1. The van der Waals surface area contributed by atoms with Crippen LogP contribution in [-0.2, 0) is 9.53 Å². The summed E-state index contributed by atoms with van der Waals surface area (Å²) in [5.41, 5.74) is 0. The van der Waals surface area contributed by atoms with Crippen molar-refractivity contribution >= 4 is 5.97 Å². The summed E-state index contributed by atoms with van der Waals surface area (Å²) in [4.78, 5) is 9.25. The van der Waals surface area contributed by atoms with Crippen LogP contribution in [0.4, 0.5) is 0 Å². The van der Waals surface area contributed by atoms with Gasteiger partial charge in [-0.3, -0.25) is 0 Å². The second-order valence-electron chi connectivity index (χ2n) is 2.31. The number of hydrogen-bond donors (Lipinski definition) is 3. The van der Waals surface area contributed by atoms with E-state index in [9.17, 15) is 4.79 Å². The fourth-order valence-corrected chi connectivity index (χ4v) is 0.187. The number of carboxylic acids is 1. The number of methoxy groups -OCH3 is 1. The molecule has 0 saturated carbocycles. The van der Waals surface area contributed by atoms with Crippen LogP contribution in [0.1, 0.15) is 13.3 Å². The largest absolute Gasteiger partial charge is 0.478 e. The molecule has 0 aliphatic heterocycles. The lowest BCUT2D eigenvalue weighted by molar-refractivity contribution is -0.131. The Kier molecular flexibility index (Phi) is 24.2. The number of carboxylic acid groups (broad SMARTS) is 1. The molecule has 3 N–H and O–H groups in total. The average Bonchev–Trinajstić information content (AvgIpc) is 2.06. The third-order valence-corrected chi connectivity index (χ3v) is 0.721. The Balaban J connectivity index is -0.000000138. The maximum atomic E-state index is 9.25.